The first-order valence-electron chi connectivity index (χ1n) is 9.87. The lowest BCUT2D eigenvalue weighted by atomic mass is 10.1. The van der Waals surface area contributed by atoms with Gasteiger partial charge in [0.15, 0.2) is 0 Å². The Bertz CT molecular complexity index is 975. The van der Waals surface area contributed by atoms with Crippen LogP contribution in [-0.4, -0.2) is 24.9 Å². The molecule has 2 rings (SSSR count). The van der Waals surface area contributed by atoms with Crippen molar-refractivity contribution in [2.75, 3.05) is 19.4 Å². The van der Waals surface area contributed by atoms with E-state index < -0.39 is 29.0 Å². The van der Waals surface area contributed by atoms with Crippen LogP contribution < -0.4 is 5.32 Å². The standard InChI is InChI=1S/C16H10F6N2.C7H15NO/c17-15(18,19)13-4-2-1-3-11(13)9-24-12-6-5-10(8-23)14(7-12)16(20,21)22;1-6(2)5-7(9)8(3)4/h1-7,24H,9H2;6H,5H2,1-4H3. The van der Waals surface area contributed by atoms with E-state index in [0.717, 1.165) is 12.1 Å². The van der Waals surface area contributed by atoms with Crippen LogP contribution in [0.15, 0.2) is 42.5 Å². The van der Waals surface area contributed by atoms with Gasteiger partial charge in [0.2, 0.25) is 5.91 Å². The molecule has 0 saturated carbocycles. The molecule has 0 aliphatic carbocycles. The third kappa shape index (κ3) is 9.04. The highest BCUT2D eigenvalue weighted by Gasteiger charge is 2.34. The van der Waals surface area contributed by atoms with E-state index in [1.807, 2.05) is 13.8 Å². The minimum Gasteiger partial charge on any atom is -0.381 e. The first-order valence-corrected chi connectivity index (χ1v) is 9.87. The molecule has 0 fully saturated rings. The van der Waals surface area contributed by atoms with E-state index in [4.69, 9.17) is 5.26 Å². The third-order valence-electron chi connectivity index (χ3n) is 4.33. The number of nitriles is 1. The van der Waals surface area contributed by atoms with Crippen molar-refractivity contribution in [1.29, 1.82) is 5.26 Å². The lowest BCUT2D eigenvalue weighted by Crippen LogP contribution is -2.22. The van der Waals surface area contributed by atoms with Crippen LogP contribution in [0.5, 0.6) is 0 Å². The highest BCUT2D eigenvalue weighted by atomic mass is 19.4. The molecule has 1 amide bonds. The molecule has 1 N–H and O–H groups in total. The van der Waals surface area contributed by atoms with Crippen molar-refractivity contribution >= 4 is 11.6 Å². The predicted molar refractivity (Wildman–Crippen MR) is 113 cm³/mol. The van der Waals surface area contributed by atoms with Crippen molar-refractivity contribution in [2.24, 2.45) is 5.92 Å². The highest BCUT2D eigenvalue weighted by Crippen LogP contribution is 2.34. The van der Waals surface area contributed by atoms with E-state index >= 15 is 0 Å². The van der Waals surface area contributed by atoms with Crippen LogP contribution in [0.3, 0.4) is 0 Å². The average molecular weight is 473 g/mol. The van der Waals surface area contributed by atoms with Crippen molar-refractivity contribution in [3.63, 3.8) is 0 Å². The van der Waals surface area contributed by atoms with Crippen LogP contribution in [-0.2, 0) is 23.7 Å². The lowest BCUT2D eigenvalue weighted by molar-refractivity contribution is -0.138. The summed E-state index contributed by atoms with van der Waals surface area (Å²) in [6, 6.07) is 9.10. The lowest BCUT2D eigenvalue weighted by Gasteiger charge is -2.15. The first kappa shape index (κ1) is 27.8. The van der Waals surface area contributed by atoms with E-state index in [-0.39, 0.29) is 23.7 Å². The second-order valence-electron chi connectivity index (χ2n) is 7.76. The average Bonchev–Trinajstić information content (AvgIpc) is 2.71. The maximum absolute atomic E-state index is 12.9. The van der Waals surface area contributed by atoms with Gasteiger partial charge in [0.05, 0.1) is 22.8 Å². The zero-order valence-electron chi connectivity index (χ0n) is 18.6. The quantitative estimate of drug-likeness (QED) is 0.517. The Morgan fingerprint density at radius 2 is 1.58 bits per heavy atom. The van der Waals surface area contributed by atoms with Gasteiger partial charge in [-0.05, 0) is 35.7 Å². The Kier molecular flexibility index (Phi) is 9.77. The molecule has 0 radical (unpaired) electrons. The molecule has 0 aromatic heterocycles. The SMILES string of the molecule is CC(C)CC(=O)N(C)C.N#Cc1ccc(NCc2ccccc2C(F)(F)F)cc1C(F)(F)F. The van der Waals surface area contributed by atoms with Crippen molar-refractivity contribution in [2.45, 2.75) is 39.2 Å². The minimum absolute atomic E-state index is 0.0293. The van der Waals surface area contributed by atoms with E-state index in [1.54, 1.807) is 19.0 Å². The molecule has 0 aliphatic heterocycles. The number of anilines is 1. The number of halogens is 6. The second-order valence-corrected chi connectivity index (χ2v) is 7.76. The van der Waals surface area contributed by atoms with E-state index in [0.29, 0.717) is 18.4 Å². The van der Waals surface area contributed by atoms with E-state index in [2.05, 4.69) is 5.32 Å². The summed E-state index contributed by atoms with van der Waals surface area (Å²) in [6.07, 6.45) is -8.63. The van der Waals surface area contributed by atoms with Crippen LogP contribution in [0.1, 0.15) is 42.5 Å². The first-order chi connectivity index (χ1) is 15.2. The largest absolute Gasteiger partial charge is 0.417 e. The Labute approximate surface area is 188 Å². The van der Waals surface area contributed by atoms with Crippen LogP contribution in [0.2, 0.25) is 0 Å². The predicted octanol–water partition coefficient (Wildman–Crippen LogP) is 6.33. The molecule has 2 aromatic carbocycles. The van der Waals surface area contributed by atoms with Crippen molar-refractivity contribution in [3.05, 3.63) is 64.7 Å². The summed E-state index contributed by atoms with van der Waals surface area (Å²) in [4.78, 5) is 12.5. The molecular formula is C23H25F6N3O. The van der Waals surface area contributed by atoms with E-state index in [1.165, 1.54) is 30.3 Å². The molecule has 0 atom stereocenters. The highest BCUT2D eigenvalue weighted by molar-refractivity contribution is 5.75. The molecule has 180 valence electrons. The van der Waals surface area contributed by atoms with Crippen molar-refractivity contribution in [1.82, 2.24) is 4.90 Å². The molecule has 10 heteroatoms. The number of carbonyl (C=O) groups is 1. The third-order valence-corrected chi connectivity index (χ3v) is 4.33. The normalized spacial score (nSPS) is 11.3. The zero-order chi connectivity index (χ0) is 25.4. The number of amides is 1. The summed E-state index contributed by atoms with van der Waals surface area (Å²) in [5.41, 5.74) is -2.67. The van der Waals surface area contributed by atoms with Crippen LogP contribution in [0.25, 0.3) is 0 Å². The van der Waals surface area contributed by atoms with Gasteiger partial charge < -0.3 is 10.2 Å². The van der Waals surface area contributed by atoms with Crippen molar-refractivity contribution in [3.8, 4) is 6.07 Å². The molecule has 33 heavy (non-hydrogen) atoms. The monoisotopic (exact) mass is 473 g/mol. The number of rotatable bonds is 5. The Hall–Kier alpha value is -3.22. The van der Waals surface area contributed by atoms with Gasteiger partial charge in [0, 0.05) is 32.7 Å². The smallest absolute Gasteiger partial charge is 0.381 e. The minimum atomic E-state index is -4.73. The maximum atomic E-state index is 12.9. The number of nitrogens with zero attached hydrogens (tertiary/aromatic N) is 2. The number of carbonyl (C=O) groups excluding carboxylic acids is 1. The van der Waals surface area contributed by atoms with Gasteiger partial charge in [-0.1, -0.05) is 32.0 Å². The fourth-order valence-electron chi connectivity index (χ4n) is 2.67. The number of alkyl halides is 6. The Morgan fingerprint density at radius 3 is 2.03 bits per heavy atom. The number of nitrogens with one attached hydrogen (secondary N) is 1. The topological polar surface area (TPSA) is 56.1 Å². The maximum Gasteiger partial charge on any atom is 0.417 e. The fraction of sp³-hybridized carbons (Fsp3) is 0.391. The molecule has 0 heterocycles. The van der Waals surface area contributed by atoms with Gasteiger partial charge in [-0.3, -0.25) is 4.79 Å². The second kappa shape index (κ2) is 11.6. The summed E-state index contributed by atoms with van der Waals surface area (Å²) in [5.74, 6) is 0.685. The molecule has 2 aromatic rings. The molecule has 0 spiro atoms. The number of hydrogen-bond donors (Lipinski definition) is 1. The molecule has 4 nitrogen and oxygen atoms in total. The summed E-state index contributed by atoms with van der Waals surface area (Å²) >= 11 is 0. The van der Waals surface area contributed by atoms with Gasteiger partial charge >= 0.3 is 12.4 Å². The molecule has 0 saturated heterocycles. The summed E-state index contributed by atoms with van der Waals surface area (Å²) in [7, 11) is 3.56. The van der Waals surface area contributed by atoms with Crippen LogP contribution in [0, 0.1) is 17.2 Å². The van der Waals surface area contributed by atoms with Gasteiger partial charge in [0.25, 0.3) is 0 Å². The Morgan fingerprint density at radius 1 is 1.00 bits per heavy atom. The summed E-state index contributed by atoms with van der Waals surface area (Å²) in [6.45, 7) is 3.78. The Balaban J connectivity index is 0.000000513. The van der Waals surface area contributed by atoms with Crippen LogP contribution in [0.4, 0.5) is 32.0 Å². The van der Waals surface area contributed by atoms with Crippen LogP contribution >= 0.6 is 0 Å². The zero-order valence-corrected chi connectivity index (χ0v) is 18.6. The van der Waals surface area contributed by atoms with Crippen molar-refractivity contribution < 1.29 is 31.1 Å². The van der Waals surface area contributed by atoms with E-state index in [9.17, 15) is 31.1 Å². The molecular weight excluding hydrogens is 448 g/mol. The number of benzene rings is 2. The molecule has 0 bridgehead atoms. The fourth-order valence-corrected chi connectivity index (χ4v) is 2.67. The number of hydrogen-bond acceptors (Lipinski definition) is 3. The van der Waals surface area contributed by atoms with Gasteiger partial charge in [-0.15, -0.1) is 0 Å². The van der Waals surface area contributed by atoms with Gasteiger partial charge in [-0.25, -0.2) is 0 Å². The van der Waals surface area contributed by atoms with Gasteiger partial charge in [0.1, 0.15) is 0 Å². The van der Waals surface area contributed by atoms with Gasteiger partial charge in [-0.2, -0.15) is 31.6 Å². The summed E-state index contributed by atoms with van der Waals surface area (Å²) in [5, 5.41) is 11.2. The molecule has 0 unspecified atom stereocenters. The molecule has 0 aliphatic rings. The summed E-state index contributed by atoms with van der Waals surface area (Å²) < 4.78 is 77.3.